The molecule has 7 rings (SSSR count). The molecule has 0 spiro atoms. The van der Waals surface area contributed by atoms with Gasteiger partial charge in [-0.15, -0.1) is 0 Å². The summed E-state index contributed by atoms with van der Waals surface area (Å²) in [6, 6.07) is 36.7. The minimum absolute atomic E-state index is 0.141. The molecule has 0 fully saturated rings. The molecule has 1 aliphatic heterocycles. The van der Waals surface area contributed by atoms with Gasteiger partial charge in [0, 0.05) is 11.3 Å². The molecule has 4 aromatic carbocycles. The Bertz CT molecular complexity index is 2570. The van der Waals surface area contributed by atoms with Crippen molar-refractivity contribution >= 4 is 29.4 Å². The molecule has 0 unspecified atom stereocenters. The summed E-state index contributed by atoms with van der Waals surface area (Å²) in [7, 11) is 1.28. The Kier molecular flexibility index (Phi) is 10.9. The smallest absolute Gasteiger partial charge is 0.343 e. The molecule has 55 heavy (non-hydrogen) atoms. The van der Waals surface area contributed by atoms with Crippen LogP contribution in [0.3, 0.4) is 0 Å². The number of fused-ring (bicyclic) bond motifs is 1. The second kappa shape index (κ2) is 16.3. The maximum atomic E-state index is 14.8. The monoisotopic (exact) mass is 753 g/mol. The number of carbonyl (C=O) groups is 2. The normalized spacial score (nSPS) is 13.9. The Morgan fingerprint density at radius 2 is 1.49 bits per heavy atom. The maximum absolute atomic E-state index is 14.8. The largest absolute Gasteiger partial charge is 0.490 e. The topological polar surface area (TPSA) is 110 Å². The highest BCUT2D eigenvalue weighted by molar-refractivity contribution is 7.07. The molecule has 0 amide bonds. The quantitative estimate of drug-likeness (QED) is 0.126. The third-order valence-corrected chi connectivity index (χ3v) is 10.1. The Hall–Kier alpha value is -6.46. The molecular weight excluding hydrogens is 715 g/mol. The van der Waals surface area contributed by atoms with E-state index >= 15 is 0 Å². The van der Waals surface area contributed by atoms with Crippen LogP contribution in [0.1, 0.15) is 37.9 Å². The fourth-order valence-corrected chi connectivity index (χ4v) is 7.76. The van der Waals surface area contributed by atoms with Crippen molar-refractivity contribution < 1.29 is 28.5 Å². The van der Waals surface area contributed by atoms with Gasteiger partial charge in [0.15, 0.2) is 22.9 Å². The predicted octanol–water partition coefficient (Wildman–Crippen LogP) is 6.87. The summed E-state index contributed by atoms with van der Waals surface area (Å²) >= 11 is 1.25. The lowest BCUT2D eigenvalue weighted by Gasteiger charge is -2.25. The number of allylic oxidation sites excluding steroid dienone is 1. The number of benzene rings is 4. The fraction of sp³-hybridized carbons (Fsp3) is 0.182. The van der Waals surface area contributed by atoms with Gasteiger partial charge in [0.05, 0.1) is 53.6 Å². The standard InChI is InChI=1S/C44H39N3O7S/c1-5-52-36-25-31(22-23-35(36)54-27-38(48)51-4)41-39(43(50)53-6-2)28(3)45-44-47(41)42(49)37(55-44)26-32-24-34(29-16-10-7-11-17-29)46(33-20-14-9-15-21-33)40(32)30-18-12-8-13-19-30/h7-26,41H,5-6,27H2,1-4H3/b37-26+/t41-/m1/s1. The van der Waals surface area contributed by atoms with Crippen molar-refractivity contribution in [1.29, 1.82) is 0 Å². The number of ether oxygens (including phenoxy) is 4. The van der Waals surface area contributed by atoms with Crippen LogP contribution in [0.15, 0.2) is 136 Å². The molecule has 0 radical (unpaired) electrons. The van der Waals surface area contributed by atoms with E-state index in [2.05, 4.69) is 47.0 Å². The number of aromatic nitrogens is 2. The van der Waals surface area contributed by atoms with Crippen LogP contribution in [0.5, 0.6) is 11.5 Å². The summed E-state index contributed by atoms with van der Waals surface area (Å²) in [6.07, 6.45) is 1.91. The number of hydrogen-bond donors (Lipinski definition) is 0. The van der Waals surface area contributed by atoms with Crippen molar-refractivity contribution in [1.82, 2.24) is 9.13 Å². The highest BCUT2D eigenvalue weighted by Crippen LogP contribution is 2.38. The summed E-state index contributed by atoms with van der Waals surface area (Å²) in [5.41, 5.74) is 6.60. The third kappa shape index (κ3) is 7.39. The van der Waals surface area contributed by atoms with Gasteiger partial charge in [-0.1, -0.05) is 96.3 Å². The van der Waals surface area contributed by atoms with E-state index < -0.39 is 18.0 Å². The van der Waals surface area contributed by atoms with E-state index in [4.69, 9.17) is 23.9 Å². The van der Waals surface area contributed by atoms with Crippen LogP contribution in [-0.2, 0) is 19.1 Å². The van der Waals surface area contributed by atoms with Crippen molar-refractivity contribution in [3.05, 3.63) is 157 Å². The van der Waals surface area contributed by atoms with Crippen LogP contribution in [0.25, 0.3) is 34.3 Å². The minimum atomic E-state index is -0.895. The molecule has 0 aliphatic carbocycles. The second-order valence-electron chi connectivity index (χ2n) is 12.5. The van der Waals surface area contributed by atoms with Crippen molar-refractivity contribution in [2.75, 3.05) is 26.9 Å². The third-order valence-electron chi connectivity index (χ3n) is 9.12. The predicted molar refractivity (Wildman–Crippen MR) is 212 cm³/mol. The van der Waals surface area contributed by atoms with E-state index in [0.29, 0.717) is 38.7 Å². The Morgan fingerprint density at radius 1 is 0.818 bits per heavy atom. The molecule has 0 N–H and O–H groups in total. The molecule has 6 aromatic rings. The number of methoxy groups -OCH3 is 1. The Balaban J connectivity index is 1.46. The van der Waals surface area contributed by atoms with Gasteiger partial charge in [0.25, 0.3) is 5.56 Å². The number of thiazole rings is 1. The average molecular weight is 754 g/mol. The second-order valence-corrected chi connectivity index (χ2v) is 13.6. The molecule has 0 saturated heterocycles. The van der Waals surface area contributed by atoms with Crippen molar-refractivity contribution in [3.63, 3.8) is 0 Å². The SMILES string of the molecule is CCOC(=O)C1=C(C)N=c2s/c(=C/c3cc(-c4ccccc4)n(-c4ccccc4)c3-c3ccccc3)c(=O)n2[C@@H]1c1ccc(OCC(=O)OC)c(OCC)c1. The summed E-state index contributed by atoms with van der Waals surface area (Å²) in [5.74, 6) is -0.475. The number of carbonyl (C=O) groups excluding carboxylic acids is 2. The van der Waals surface area contributed by atoms with E-state index in [1.54, 1.807) is 36.6 Å². The lowest BCUT2D eigenvalue weighted by atomic mass is 9.95. The van der Waals surface area contributed by atoms with E-state index in [0.717, 1.165) is 33.8 Å². The molecule has 3 heterocycles. The summed E-state index contributed by atoms with van der Waals surface area (Å²) in [4.78, 5) is 45.5. The highest BCUT2D eigenvalue weighted by atomic mass is 32.1. The first-order chi connectivity index (χ1) is 26.8. The molecule has 10 nitrogen and oxygen atoms in total. The van der Waals surface area contributed by atoms with E-state index in [1.165, 1.54) is 18.4 Å². The zero-order chi connectivity index (χ0) is 38.5. The molecular formula is C44H39N3O7S. The molecule has 1 aliphatic rings. The number of rotatable bonds is 12. The first kappa shape index (κ1) is 36.9. The molecule has 1 atom stereocenters. The van der Waals surface area contributed by atoms with E-state index in [-0.39, 0.29) is 24.3 Å². The van der Waals surface area contributed by atoms with Crippen LogP contribution in [0, 0.1) is 0 Å². The van der Waals surface area contributed by atoms with Gasteiger partial charge in [0.1, 0.15) is 0 Å². The lowest BCUT2D eigenvalue weighted by molar-refractivity contribution is -0.143. The number of hydrogen-bond acceptors (Lipinski definition) is 9. The van der Waals surface area contributed by atoms with E-state index in [9.17, 15) is 14.4 Å². The minimum Gasteiger partial charge on any atom is -0.490 e. The molecule has 0 saturated carbocycles. The fourth-order valence-electron chi connectivity index (χ4n) is 6.72. The van der Waals surface area contributed by atoms with Gasteiger partial charge in [-0.2, -0.15) is 0 Å². The molecule has 2 aromatic heterocycles. The highest BCUT2D eigenvalue weighted by Gasteiger charge is 2.34. The van der Waals surface area contributed by atoms with Crippen LogP contribution in [0.4, 0.5) is 0 Å². The zero-order valence-corrected chi connectivity index (χ0v) is 31.7. The van der Waals surface area contributed by atoms with Crippen LogP contribution >= 0.6 is 11.3 Å². The Morgan fingerprint density at radius 3 is 2.15 bits per heavy atom. The lowest BCUT2D eigenvalue weighted by Crippen LogP contribution is -2.40. The Labute approximate surface area is 321 Å². The maximum Gasteiger partial charge on any atom is 0.343 e. The van der Waals surface area contributed by atoms with Gasteiger partial charge >= 0.3 is 11.9 Å². The van der Waals surface area contributed by atoms with Crippen molar-refractivity contribution in [2.45, 2.75) is 26.8 Å². The molecule has 278 valence electrons. The van der Waals surface area contributed by atoms with Crippen LogP contribution in [0.2, 0.25) is 0 Å². The van der Waals surface area contributed by atoms with E-state index in [1.807, 2.05) is 67.6 Å². The van der Waals surface area contributed by atoms with Gasteiger partial charge < -0.3 is 23.5 Å². The van der Waals surface area contributed by atoms with Crippen LogP contribution in [-0.4, -0.2) is 48.0 Å². The summed E-state index contributed by atoms with van der Waals surface area (Å²) < 4.78 is 26.1. The zero-order valence-electron chi connectivity index (χ0n) is 30.9. The average Bonchev–Trinajstić information content (AvgIpc) is 3.74. The van der Waals surface area contributed by atoms with Crippen molar-refractivity contribution in [2.24, 2.45) is 4.99 Å². The van der Waals surface area contributed by atoms with Crippen molar-refractivity contribution in [3.8, 4) is 39.7 Å². The molecule has 11 heteroatoms. The summed E-state index contributed by atoms with van der Waals surface area (Å²) in [5, 5.41) is 0. The van der Waals surface area contributed by atoms with Crippen LogP contribution < -0.4 is 24.4 Å². The van der Waals surface area contributed by atoms with Gasteiger partial charge in [-0.05, 0) is 73.9 Å². The van der Waals surface area contributed by atoms with Gasteiger partial charge in [0.2, 0.25) is 0 Å². The summed E-state index contributed by atoms with van der Waals surface area (Å²) in [6.45, 7) is 5.43. The number of nitrogens with zero attached hydrogens (tertiary/aromatic N) is 3. The number of esters is 2. The van der Waals surface area contributed by atoms with Gasteiger partial charge in [-0.3, -0.25) is 9.36 Å². The number of para-hydroxylation sites is 1. The first-order valence-electron chi connectivity index (χ1n) is 17.9. The first-order valence-corrected chi connectivity index (χ1v) is 18.7. The molecule has 0 bridgehead atoms. The van der Waals surface area contributed by atoms with Gasteiger partial charge in [-0.25, -0.2) is 14.6 Å².